The molecule has 2 N–H and O–H groups in total. The number of likely N-dealkylation sites (N-methyl/N-ethyl adjacent to an activating group) is 1. The molecule has 0 amide bonds. The van der Waals surface area contributed by atoms with Gasteiger partial charge in [0.2, 0.25) is 0 Å². The SMILES string of the molecule is CN1CCC(c2nc(CCN)c(Br)s2)C1. The van der Waals surface area contributed by atoms with Crippen molar-refractivity contribution in [1.29, 1.82) is 0 Å². The second kappa shape index (κ2) is 4.91. The summed E-state index contributed by atoms with van der Waals surface area (Å²) < 4.78 is 1.16. The van der Waals surface area contributed by atoms with Gasteiger partial charge in [-0.05, 0) is 42.5 Å². The molecule has 0 spiro atoms. The lowest BCUT2D eigenvalue weighted by atomic mass is 10.1. The molecule has 1 aromatic rings. The first kappa shape index (κ1) is 11.5. The normalized spacial score (nSPS) is 22.5. The first-order valence-corrected chi connectivity index (χ1v) is 6.85. The lowest BCUT2D eigenvalue weighted by Crippen LogP contribution is -2.13. The van der Waals surface area contributed by atoms with E-state index < -0.39 is 0 Å². The van der Waals surface area contributed by atoms with E-state index in [2.05, 4.69) is 32.9 Å². The van der Waals surface area contributed by atoms with Crippen molar-refractivity contribution in [2.75, 3.05) is 26.7 Å². The van der Waals surface area contributed by atoms with Crippen molar-refractivity contribution in [3.63, 3.8) is 0 Å². The number of halogens is 1. The first-order valence-electron chi connectivity index (χ1n) is 5.24. The summed E-state index contributed by atoms with van der Waals surface area (Å²) in [6, 6.07) is 0. The molecule has 15 heavy (non-hydrogen) atoms. The predicted molar refractivity (Wildman–Crippen MR) is 67.4 cm³/mol. The van der Waals surface area contributed by atoms with Gasteiger partial charge in [-0.2, -0.15) is 0 Å². The Morgan fingerprint density at radius 1 is 1.67 bits per heavy atom. The Balaban J connectivity index is 2.12. The summed E-state index contributed by atoms with van der Waals surface area (Å²) in [5, 5.41) is 1.27. The maximum atomic E-state index is 5.55. The number of hydrogen-bond acceptors (Lipinski definition) is 4. The summed E-state index contributed by atoms with van der Waals surface area (Å²) in [7, 11) is 2.17. The van der Waals surface area contributed by atoms with Crippen LogP contribution in [0.1, 0.15) is 23.0 Å². The van der Waals surface area contributed by atoms with Gasteiger partial charge in [0, 0.05) is 18.9 Å². The van der Waals surface area contributed by atoms with Crippen LogP contribution >= 0.6 is 27.3 Å². The summed E-state index contributed by atoms with van der Waals surface area (Å²) in [6.45, 7) is 3.00. The summed E-state index contributed by atoms with van der Waals surface area (Å²) in [6.07, 6.45) is 2.11. The van der Waals surface area contributed by atoms with E-state index in [0.717, 1.165) is 22.4 Å². The van der Waals surface area contributed by atoms with Crippen LogP contribution in [-0.2, 0) is 6.42 Å². The molecule has 3 nitrogen and oxygen atoms in total. The average molecular weight is 290 g/mol. The van der Waals surface area contributed by atoms with Gasteiger partial charge in [-0.3, -0.25) is 0 Å². The van der Waals surface area contributed by atoms with Crippen LogP contribution in [-0.4, -0.2) is 36.6 Å². The van der Waals surface area contributed by atoms with Crippen molar-refractivity contribution >= 4 is 27.3 Å². The van der Waals surface area contributed by atoms with Crippen LogP contribution in [0.15, 0.2) is 3.79 Å². The van der Waals surface area contributed by atoms with Gasteiger partial charge in [0.1, 0.15) is 0 Å². The number of nitrogens with two attached hydrogens (primary N) is 1. The number of thiazole rings is 1. The fourth-order valence-corrected chi connectivity index (χ4v) is 3.70. The molecule has 0 aliphatic carbocycles. The van der Waals surface area contributed by atoms with Crippen LogP contribution < -0.4 is 5.73 Å². The highest BCUT2D eigenvalue weighted by Gasteiger charge is 2.24. The zero-order chi connectivity index (χ0) is 10.8. The van der Waals surface area contributed by atoms with E-state index >= 15 is 0 Å². The number of rotatable bonds is 3. The van der Waals surface area contributed by atoms with Crippen molar-refractivity contribution in [3.8, 4) is 0 Å². The highest BCUT2D eigenvalue weighted by Crippen LogP contribution is 2.34. The van der Waals surface area contributed by atoms with Crippen LogP contribution in [0.25, 0.3) is 0 Å². The molecular formula is C10H16BrN3S. The van der Waals surface area contributed by atoms with E-state index in [9.17, 15) is 0 Å². The minimum absolute atomic E-state index is 0.628. The summed E-state index contributed by atoms with van der Waals surface area (Å²) in [5.74, 6) is 0.628. The maximum absolute atomic E-state index is 5.55. The smallest absolute Gasteiger partial charge is 0.0984 e. The fraction of sp³-hybridized carbons (Fsp3) is 0.700. The van der Waals surface area contributed by atoms with E-state index in [0.29, 0.717) is 12.5 Å². The third kappa shape index (κ3) is 2.58. The summed E-state index contributed by atoms with van der Waals surface area (Å²) in [4.78, 5) is 7.04. The molecule has 0 radical (unpaired) electrons. The van der Waals surface area contributed by atoms with Crippen molar-refractivity contribution in [2.45, 2.75) is 18.8 Å². The van der Waals surface area contributed by atoms with Crippen molar-refractivity contribution in [2.24, 2.45) is 5.73 Å². The summed E-state index contributed by atoms with van der Waals surface area (Å²) >= 11 is 5.34. The number of likely N-dealkylation sites (tertiary alicyclic amines) is 1. The molecule has 0 aromatic carbocycles. The Kier molecular flexibility index (Phi) is 3.77. The van der Waals surface area contributed by atoms with Gasteiger partial charge in [0.05, 0.1) is 14.5 Å². The van der Waals surface area contributed by atoms with Gasteiger partial charge in [0.25, 0.3) is 0 Å². The molecule has 1 atom stereocenters. The lowest BCUT2D eigenvalue weighted by molar-refractivity contribution is 0.411. The van der Waals surface area contributed by atoms with Crippen molar-refractivity contribution < 1.29 is 0 Å². The first-order chi connectivity index (χ1) is 7.20. The van der Waals surface area contributed by atoms with E-state index in [1.54, 1.807) is 11.3 Å². The molecule has 1 aromatic heterocycles. The Morgan fingerprint density at radius 3 is 3.07 bits per heavy atom. The standard InChI is InChI=1S/C10H16BrN3S/c1-14-5-3-7(6-14)10-13-8(2-4-12)9(11)15-10/h7H,2-6,12H2,1H3. The Hall–Kier alpha value is 0.0300. The number of nitrogens with zero attached hydrogens (tertiary/aromatic N) is 2. The molecule has 1 aliphatic heterocycles. The predicted octanol–water partition coefficient (Wildman–Crippen LogP) is 1.83. The quantitative estimate of drug-likeness (QED) is 0.923. The molecule has 0 bridgehead atoms. The topological polar surface area (TPSA) is 42.2 Å². The van der Waals surface area contributed by atoms with Crippen LogP contribution in [0.4, 0.5) is 0 Å². The van der Waals surface area contributed by atoms with E-state index in [4.69, 9.17) is 5.73 Å². The molecule has 2 heterocycles. The highest BCUT2D eigenvalue weighted by atomic mass is 79.9. The van der Waals surface area contributed by atoms with Gasteiger partial charge in [0.15, 0.2) is 0 Å². The maximum Gasteiger partial charge on any atom is 0.0984 e. The van der Waals surface area contributed by atoms with Crippen LogP contribution in [0.2, 0.25) is 0 Å². The van der Waals surface area contributed by atoms with Gasteiger partial charge in [-0.25, -0.2) is 4.98 Å². The van der Waals surface area contributed by atoms with Gasteiger partial charge < -0.3 is 10.6 Å². The lowest BCUT2D eigenvalue weighted by Gasteiger charge is -2.06. The average Bonchev–Trinajstić information content (AvgIpc) is 2.75. The molecule has 5 heteroatoms. The van der Waals surface area contributed by atoms with Gasteiger partial charge >= 0.3 is 0 Å². The number of hydrogen-bond donors (Lipinski definition) is 1. The molecule has 1 fully saturated rings. The molecule has 84 valence electrons. The Bertz CT molecular complexity index is 339. The van der Waals surface area contributed by atoms with E-state index in [-0.39, 0.29) is 0 Å². The third-order valence-electron chi connectivity index (χ3n) is 2.79. The largest absolute Gasteiger partial charge is 0.330 e. The second-order valence-corrected chi connectivity index (χ2v) is 6.41. The van der Waals surface area contributed by atoms with E-state index in [1.807, 2.05) is 0 Å². The second-order valence-electron chi connectivity index (χ2n) is 4.06. The zero-order valence-electron chi connectivity index (χ0n) is 8.87. The summed E-state index contributed by atoms with van der Waals surface area (Å²) in [5.41, 5.74) is 6.68. The van der Waals surface area contributed by atoms with Crippen molar-refractivity contribution in [3.05, 3.63) is 14.5 Å². The monoisotopic (exact) mass is 289 g/mol. The van der Waals surface area contributed by atoms with Gasteiger partial charge in [-0.15, -0.1) is 11.3 Å². The Morgan fingerprint density at radius 2 is 2.47 bits per heavy atom. The molecular weight excluding hydrogens is 274 g/mol. The zero-order valence-corrected chi connectivity index (χ0v) is 11.3. The fourth-order valence-electron chi connectivity index (χ4n) is 1.95. The number of aromatic nitrogens is 1. The van der Waals surface area contributed by atoms with Crippen molar-refractivity contribution in [1.82, 2.24) is 9.88 Å². The minimum Gasteiger partial charge on any atom is -0.330 e. The highest BCUT2D eigenvalue weighted by molar-refractivity contribution is 9.11. The van der Waals surface area contributed by atoms with Crippen LogP contribution in [0, 0.1) is 0 Å². The molecule has 1 aliphatic rings. The van der Waals surface area contributed by atoms with E-state index in [1.165, 1.54) is 18.0 Å². The molecule has 1 unspecified atom stereocenters. The molecule has 1 saturated heterocycles. The minimum atomic E-state index is 0.628. The Labute approximate surface area is 103 Å². The molecule has 0 saturated carbocycles. The van der Waals surface area contributed by atoms with Crippen LogP contribution in [0.5, 0.6) is 0 Å². The van der Waals surface area contributed by atoms with Crippen LogP contribution in [0.3, 0.4) is 0 Å². The third-order valence-corrected chi connectivity index (χ3v) is 4.78. The molecule has 2 rings (SSSR count). The van der Waals surface area contributed by atoms with Gasteiger partial charge in [-0.1, -0.05) is 0 Å².